The number of unbranched alkanes of at least 4 members (excludes halogenated alkanes) is 2. The van der Waals surface area contributed by atoms with E-state index in [9.17, 15) is 34.2 Å². The molecule has 0 bridgehead atoms. The van der Waals surface area contributed by atoms with Crippen molar-refractivity contribution in [3.8, 4) is 5.75 Å². The number of nitrogens with zero attached hydrogens (tertiary/aromatic N) is 1. The lowest BCUT2D eigenvalue weighted by atomic mass is 10.0. The van der Waals surface area contributed by atoms with Crippen molar-refractivity contribution in [2.24, 2.45) is 11.7 Å². The molecule has 0 radical (unpaired) electrons. The minimum absolute atomic E-state index is 0.0499. The minimum Gasteiger partial charge on any atom is -0.508 e. The number of carbonyl (C=O) groups is 5. The zero-order valence-electron chi connectivity index (χ0n) is 26.4. The number of carbonyl (C=O) groups excluding carboxylic acids is 5. The van der Waals surface area contributed by atoms with Crippen LogP contribution in [0.4, 0.5) is 0 Å². The Bertz CT molecular complexity index is 1160. The third-order valence-electron chi connectivity index (χ3n) is 8.28. The Morgan fingerprint density at radius 2 is 1.36 bits per heavy atom. The largest absolute Gasteiger partial charge is 0.508 e. The quantitative estimate of drug-likeness (QED) is 0.159. The fourth-order valence-electron chi connectivity index (χ4n) is 5.85. The molecule has 8 N–H and O–H groups in total. The van der Waals surface area contributed by atoms with Crippen molar-refractivity contribution < 1.29 is 34.2 Å². The maximum absolute atomic E-state index is 13.9. The van der Waals surface area contributed by atoms with Gasteiger partial charge in [-0.15, -0.1) is 0 Å². The van der Waals surface area contributed by atoms with E-state index < -0.39 is 53.8 Å². The average Bonchev–Trinajstić information content (AvgIpc) is 3.49. The van der Waals surface area contributed by atoms with Gasteiger partial charge in [-0.3, -0.25) is 24.0 Å². The Kier molecular flexibility index (Phi) is 14.1. The zero-order valence-corrected chi connectivity index (χ0v) is 26.4. The molecule has 3 rings (SSSR count). The van der Waals surface area contributed by atoms with Crippen LogP contribution in [0.1, 0.15) is 77.2 Å². The molecule has 0 aromatic heterocycles. The minimum atomic E-state index is -1.09. The highest BCUT2D eigenvalue weighted by Crippen LogP contribution is 2.22. The smallest absolute Gasteiger partial charge is 0.245 e. The van der Waals surface area contributed by atoms with Gasteiger partial charge in [0, 0.05) is 19.6 Å². The molecule has 2 fully saturated rings. The van der Waals surface area contributed by atoms with Crippen LogP contribution in [0.15, 0.2) is 24.3 Å². The van der Waals surface area contributed by atoms with Crippen molar-refractivity contribution in [1.82, 2.24) is 26.2 Å². The number of amides is 5. The summed E-state index contributed by atoms with van der Waals surface area (Å²) in [6.45, 7) is 4.53. The number of benzene rings is 1. The maximum atomic E-state index is 13.9. The normalized spacial score (nSPS) is 25.1. The lowest BCUT2D eigenvalue weighted by Gasteiger charge is -2.31. The number of nitrogens with one attached hydrogen (secondary N) is 4. The predicted octanol–water partition coefficient (Wildman–Crippen LogP) is 0.216. The van der Waals surface area contributed by atoms with Gasteiger partial charge < -0.3 is 42.1 Å². The molecule has 0 saturated carbocycles. The molecule has 250 valence electrons. The van der Waals surface area contributed by atoms with Gasteiger partial charge in [-0.2, -0.15) is 0 Å². The highest BCUT2D eigenvalue weighted by molar-refractivity contribution is 5.98. The molecule has 1 aromatic rings. The number of aliphatic hydroxyl groups excluding tert-OH is 1. The summed E-state index contributed by atoms with van der Waals surface area (Å²) in [5, 5.41) is 30.3. The van der Waals surface area contributed by atoms with Crippen molar-refractivity contribution in [2.75, 3.05) is 19.7 Å². The molecular weight excluding hydrogens is 580 g/mol. The van der Waals surface area contributed by atoms with E-state index in [0.29, 0.717) is 63.6 Å². The van der Waals surface area contributed by atoms with E-state index in [-0.39, 0.29) is 43.4 Å². The first-order chi connectivity index (χ1) is 21.5. The van der Waals surface area contributed by atoms with Crippen LogP contribution in [0.5, 0.6) is 5.75 Å². The molecule has 13 nitrogen and oxygen atoms in total. The lowest BCUT2D eigenvalue weighted by Crippen LogP contribution is -2.57. The first kappa shape index (κ1) is 35.8. The summed E-state index contributed by atoms with van der Waals surface area (Å²) < 4.78 is 0. The second-order valence-corrected chi connectivity index (χ2v) is 12.4. The molecule has 5 atom stereocenters. The fourth-order valence-corrected chi connectivity index (χ4v) is 5.85. The van der Waals surface area contributed by atoms with Gasteiger partial charge in [0.15, 0.2) is 0 Å². The molecule has 0 unspecified atom stereocenters. The van der Waals surface area contributed by atoms with Gasteiger partial charge in [0.25, 0.3) is 0 Å². The number of hydrogen-bond acceptors (Lipinski definition) is 8. The van der Waals surface area contributed by atoms with E-state index in [0.717, 1.165) is 0 Å². The lowest BCUT2D eigenvalue weighted by molar-refractivity contribution is -0.142. The van der Waals surface area contributed by atoms with E-state index in [1.54, 1.807) is 12.1 Å². The highest BCUT2D eigenvalue weighted by atomic mass is 16.3. The molecule has 45 heavy (non-hydrogen) atoms. The van der Waals surface area contributed by atoms with Crippen molar-refractivity contribution in [2.45, 2.75) is 108 Å². The Labute approximate surface area is 265 Å². The zero-order chi connectivity index (χ0) is 32.9. The second kappa shape index (κ2) is 17.7. The first-order valence-corrected chi connectivity index (χ1v) is 16.1. The van der Waals surface area contributed by atoms with Crippen LogP contribution in [-0.4, -0.2) is 94.6 Å². The summed E-state index contributed by atoms with van der Waals surface area (Å²) in [5.74, 6) is -2.47. The summed E-state index contributed by atoms with van der Waals surface area (Å²) in [7, 11) is 0. The number of hydrogen-bond donors (Lipinski definition) is 7. The van der Waals surface area contributed by atoms with Gasteiger partial charge in [0.05, 0.1) is 0 Å². The molecule has 0 spiro atoms. The summed E-state index contributed by atoms with van der Waals surface area (Å²) in [5.41, 5.74) is 6.34. The number of aromatic hydroxyl groups is 1. The van der Waals surface area contributed by atoms with Gasteiger partial charge >= 0.3 is 0 Å². The maximum Gasteiger partial charge on any atom is 0.245 e. The van der Waals surface area contributed by atoms with E-state index in [4.69, 9.17) is 5.73 Å². The third kappa shape index (κ3) is 10.7. The van der Waals surface area contributed by atoms with E-state index >= 15 is 0 Å². The molecular formula is C32H50N6O7. The number of aliphatic hydroxyl groups is 1. The van der Waals surface area contributed by atoms with Crippen molar-refractivity contribution in [1.29, 1.82) is 0 Å². The van der Waals surface area contributed by atoms with Crippen LogP contribution in [0, 0.1) is 5.92 Å². The van der Waals surface area contributed by atoms with Crippen LogP contribution >= 0.6 is 0 Å². The number of phenols is 1. The van der Waals surface area contributed by atoms with Crippen molar-refractivity contribution >= 4 is 29.5 Å². The van der Waals surface area contributed by atoms with E-state index in [1.807, 2.05) is 13.8 Å². The van der Waals surface area contributed by atoms with Crippen molar-refractivity contribution in [3.63, 3.8) is 0 Å². The van der Waals surface area contributed by atoms with Crippen LogP contribution < -0.4 is 27.0 Å². The topological polar surface area (TPSA) is 203 Å². The van der Waals surface area contributed by atoms with Crippen LogP contribution in [0.3, 0.4) is 0 Å². The van der Waals surface area contributed by atoms with Crippen LogP contribution in [0.2, 0.25) is 0 Å². The van der Waals surface area contributed by atoms with Crippen LogP contribution in [0.25, 0.3) is 0 Å². The van der Waals surface area contributed by atoms with E-state index in [1.165, 1.54) is 17.0 Å². The Morgan fingerprint density at radius 1 is 0.800 bits per heavy atom. The summed E-state index contributed by atoms with van der Waals surface area (Å²) in [6, 6.07) is 1.39. The SMILES string of the molecule is CC(C)C[C@H]1NC(=O)[C@H](CCCCN)NC(=O)[C@H](CCCCO)NC(=O)[C@@H](Cc2ccc(O)cc2)NC(=O)[C@@H]2CCCN2C1=O. The number of nitrogens with two attached hydrogens (primary N) is 1. The third-order valence-corrected chi connectivity index (χ3v) is 8.28. The number of phenolic OH excluding ortho intramolecular Hbond substituents is 1. The molecule has 2 saturated heterocycles. The highest BCUT2D eigenvalue weighted by Gasteiger charge is 2.40. The number of rotatable bonds is 12. The Morgan fingerprint density at radius 3 is 1.93 bits per heavy atom. The molecule has 0 aliphatic carbocycles. The molecule has 1 aromatic carbocycles. The first-order valence-electron chi connectivity index (χ1n) is 16.1. The Hall–Kier alpha value is -3.71. The van der Waals surface area contributed by atoms with Crippen molar-refractivity contribution in [3.05, 3.63) is 29.8 Å². The molecule has 2 aliphatic heterocycles. The fraction of sp³-hybridized carbons (Fsp3) is 0.656. The van der Waals surface area contributed by atoms with Gasteiger partial charge in [0.2, 0.25) is 29.5 Å². The van der Waals surface area contributed by atoms with Gasteiger partial charge in [0.1, 0.15) is 36.0 Å². The average molecular weight is 631 g/mol. The van der Waals surface area contributed by atoms with Gasteiger partial charge in [-0.05, 0) is 87.9 Å². The molecule has 2 heterocycles. The predicted molar refractivity (Wildman–Crippen MR) is 168 cm³/mol. The summed E-state index contributed by atoms with van der Waals surface area (Å²) in [6.07, 6.45) is 3.90. The van der Waals surface area contributed by atoms with E-state index in [2.05, 4.69) is 21.3 Å². The summed E-state index contributed by atoms with van der Waals surface area (Å²) in [4.78, 5) is 70.1. The van der Waals surface area contributed by atoms with Gasteiger partial charge in [-0.1, -0.05) is 26.0 Å². The second-order valence-electron chi connectivity index (χ2n) is 12.4. The number of fused-ring (bicyclic) bond motifs is 1. The standard InChI is InChI=1S/C32H50N6O7/c1-20(2)18-26-32(45)38-16-7-10-27(38)31(44)36-25(19-21-11-13-22(40)14-12-21)30(43)35-24(9-4-6-17-39)28(41)34-23(29(42)37-26)8-3-5-15-33/h11-14,20,23-27,39-40H,3-10,15-19,33H2,1-2H3,(H,34,41)(H,35,43)(H,36,44)(H,37,42)/t23-,24-,25+,26+,27-/m0/s1. The summed E-state index contributed by atoms with van der Waals surface area (Å²) >= 11 is 0. The Balaban J connectivity index is 2.02. The monoisotopic (exact) mass is 630 g/mol. The molecule has 2 aliphatic rings. The van der Waals surface area contributed by atoms with Crippen LogP contribution in [-0.2, 0) is 30.4 Å². The molecule has 13 heteroatoms. The molecule has 5 amide bonds. The van der Waals surface area contributed by atoms with Gasteiger partial charge in [-0.25, -0.2) is 0 Å².